The molecule has 0 bridgehead atoms. The maximum atomic E-state index is 12.0. The average Bonchev–Trinajstić information content (AvgIpc) is 2.73. The van der Waals surface area contributed by atoms with Gasteiger partial charge in [0.2, 0.25) is 0 Å². The van der Waals surface area contributed by atoms with E-state index >= 15 is 0 Å². The quantitative estimate of drug-likeness (QED) is 0.794. The van der Waals surface area contributed by atoms with Crippen molar-refractivity contribution in [3.05, 3.63) is 35.0 Å². The van der Waals surface area contributed by atoms with Crippen molar-refractivity contribution in [2.24, 2.45) is 0 Å². The zero-order valence-electron chi connectivity index (χ0n) is 11.0. The third-order valence-electron chi connectivity index (χ3n) is 3.73. The maximum Gasteiger partial charge on any atom is 0.293 e. The minimum atomic E-state index is -0.302. The predicted octanol–water partition coefficient (Wildman–Crippen LogP) is 2.77. The highest BCUT2D eigenvalue weighted by atomic mass is 16.5. The van der Waals surface area contributed by atoms with Crippen molar-refractivity contribution in [1.82, 2.24) is 4.57 Å². The number of hydrogen-bond acceptors (Lipinski definition) is 3. The first-order chi connectivity index (χ1) is 9.11. The monoisotopic (exact) mass is 257 g/mol. The van der Waals surface area contributed by atoms with E-state index in [1.165, 1.54) is 0 Å². The Labute approximate surface area is 111 Å². The SMILES string of the molecule is Cc1cc2c3c(c1)c(C(C)OC=O)cn3CCC2=O. The van der Waals surface area contributed by atoms with E-state index in [1.54, 1.807) is 0 Å². The van der Waals surface area contributed by atoms with E-state index in [0.29, 0.717) is 19.4 Å². The van der Waals surface area contributed by atoms with Crippen LogP contribution in [-0.2, 0) is 16.1 Å². The van der Waals surface area contributed by atoms with Gasteiger partial charge in [0.15, 0.2) is 5.78 Å². The van der Waals surface area contributed by atoms with Crippen molar-refractivity contribution in [2.75, 3.05) is 0 Å². The van der Waals surface area contributed by atoms with Crippen LogP contribution in [0.2, 0.25) is 0 Å². The molecule has 0 radical (unpaired) electrons. The second-order valence-electron chi connectivity index (χ2n) is 5.03. The summed E-state index contributed by atoms with van der Waals surface area (Å²) in [6.45, 7) is 4.98. The number of rotatable bonds is 3. The Bertz CT molecular complexity index is 684. The summed E-state index contributed by atoms with van der Waals surface area (Å²) in [6.07, 6.45) is 2.22. The summed E-state index contributed by atoms with van der Waals surface area (Å²) in [6, 6.07) is 3.99. The highest BCUT2D eigenvalue weighted by molar-refractivity contribution is 6.09. The van der Waals surface area contributed by atoms with Crippen molar-refractivity contribution >= 4 is 23.2 Å². The summed E-state index contributed by atoms with van der Waals surface area (Å²) in [5.74, 6) is 0.190. The summed E-state index contributed by atoms with van der Waals surface area (Å²) in [7, 11) is 0. The van der Waals surface area contributed by atoms with Gasteiger partial charge in [0.05, 0.1) is 5.52 Å². The molecule has 3 rings (SSSR count). The van der Waals surface area contributed by atoms with Gasteiger partial charge in [-0.3, -0.25) is 9.59 Å². The number of ketones is 1. The van der Waals surface area contributed by atoms with Crippen molar-refractivity contribution < 1.29 is 14.3 Å². The summed E-state index contributed by atoms with van der Waals surface area (Å²) >= 11 is 0. The number of hydrogen-bond donors (Lipinski definition) is 0. The fourth-order valence-electron chi connectivity index (χ4n) is 2.84. The van der Waals surface area contributed by atoms with Gasteiger partial charge in [-0.2, -0.15) is 0 Å². The Balaban J connectivity index is 2.30. The van der Waals surface area contributed by atoms with Crippen LogP contribution in [0.3, 0.4) is 0 Å². The van der Waals surface area contributed by atoms with E-state index in [4.69, 9.17) is 4.74 Å². The molecule has 0 spiro atoms. The minimum absolute atomic E-state index is 0.190. The van der Waals surface area contributed by atoms with Crippen LogP contribution in [0, 0.1) is 6.92 Å². The molecule has 1 aromatic heterocycles. The molecule has 0 fully saturated rings. The molecule has 4 nitrogen and oxygen atoms in total. The smallest absolute Gasteiger partial charge is 0.293 e. The van der Waals surface area contributed by atoms with Gasteiger partial charge < -0.3 is 9.30 Å². The van der Waals surface area contributed by atoms with Gasteiger partial charge in [-0.15, -0.1) is 0 Å². The van der Waals surface area contributed by atoms with E-state index in [-0.39, 0.29) is 11.9 Å². The lowest BCUT2D eigenvalue weighted by Crippen LogP contribution is -2.13. The molecule has 0 saturated heterocycles. The van der Waals surface area contributed by atoms with Crippen LogP contribution in [0.4, 0.5) is 0 Å². The molecular formula is C15H15NO3. The van der Waals surface area contributed by atoms with Gasteiger partial charge in [-0.25, -0.2) is 0 Å². The lowest BCUT2D eigenvalue weighted by Gasteiger charge is -2.15. The number of ether oxygens (including phenoxy) is 1. The Morgan fingerprint density at radius 1 is 1.42 bits per heavy atom. The third kappa shape index (κ3) is 1.75. The molecule has 19 heavy (non-hydrogen) atoms. The molecule has 98 valence electrons. The second kappa shape index (κ2) is 4.23. The first kappa shape index (κ1) is 12.0. The Kier molecular flexibility index (Phi) is 2.66. The number of carbonyl (C=O) groups excluding carboxylic acids is 2. The minimum Gasteiger partial charge on any atom is -0.460 e. The van der Waals surface area contributed by atoms with Gasteiger partial charge >= 0.3 is 0 Å². The molecule has 4 heteroatoms. The molecule has 0 amide bonds. The van der Waals surface area contributed by atoms with Crippen LogP contribution in [0.1, 0.15) is 40.9 Å². The lowest BCUT2D eigenvalue weighted by atomic mass is 9.98. The van der Waals surface area contributed by atoms with Crippen molar-refractivity contribution in [1.29, 1.82) is 0 Å². The third-order valence-corrected chi connectivity index (χ3v) is 3.73. The van der Waals surface area contributed by atoms with E-state index in [0.717, 1.165) is 27.6 Å². The normalized spacial score (nSPS) is 15.6. The van der Waals surface area contributed by atoms with Gasteiger partial charge in [0.1, 0.15) is 6.10 Å². The maximum absolute atomic E-state index is 12.0. The van der Waals surface area contributed by atoms with Crippen LogP contribution in [0.5, 0.6) is 0 Å². The van der Waals surface area contributed by atoms with Gasteiger partial charge in [-0.1, -0.05) is 0 Å². The zero-order valence-corrected chi connectivity index (χ0v) is 11.0. The molecule has 1 aromatic carbocycles. The second-order valence-corrected chi connectivity index (χ2v) is 5.03. The number of aryl methyl sites for hydroxylation is 2. The first-order valence-corrected chi connectivity index (χ1v) is 6.37. The Morgan fingerprint density at radius 2 is 2.21 bits per heavy atom. The Hall–Kier alpha value is -2.10. The number of aromatic nitrogens is 1. The highest BCUT2D eigenvalue weighted by Crippen LogP contribution is 2.34. The molecule has 0 aliphatic carbocycles. The fraction of sp³-hybridized carbons (Fsp3) is 0.333. The van der Waals surface area contributed by atoms with Crippen LogP contribution in [0.15, 0.2) is 18.3 Å². The summed E-state index contributed by atoms with van der Waals surface area (Å²) in [5.41, 5.74) is 3.76. The predicted molar refractivity (Wildman–Crippen MR) is 71.2 cm³/mol. The lowest BCUT2D eigenvalue weighted by molar-refractivity contribution is -0.133. The molecular weight excluding hydrogens is 242 g/mol. The van der Waals surface area contributed by atoms with Crippen molar-refractivity contribution in [2.45, 2.75) is 32.9 Å². The van der Waals surface area contributed by atoms with Gasteiger partial charge in [0.25, 0.3) is 6.47 Å². The highest BCUT2D eigenvalue weighted by Gasteiger charge is 2.24. The molecule has 0 saturated carbocycles. The molecule has 0 N–H and O–H groups in total. The zero-order chi connectivity index (χ0) is 13.6. The van der Waals surface area contributed by atoms with Gasteiger partial charge in [0, 0.05) is 35.7 Å². The molecule has 1 aliphatic heterocycles. The number of benzene rings is 1. The standard InChI is InChI=1S/C15H15NO3/c1-9-5-11-13(10(2)19-8-17)7-16-4-3-14(18)12(6-9)15(11)16/h5-8,10H,3-4H2,1-2H3. The number of carbonyl (C=O) groups is 2. The number of Topliss-reactive ketones (excluding diaryl/α,β-unsaturated/α-hetero) is 1. The fourth-order valence-corrected chi connectivity index (χ4v) is 2.84. The van der Waals surface area contributed by atoms with Crippen molar-refractivity contribution in [3.8, 4) is 0 Å². The molecule has 2 heterocycles. The van der Waals surface area contributed by atoms with Crippen molar-refractivity contribution in [3.63, 3.8) is 0 Å². The van der Waals surface area contributed by atoms with E-state index in [2.05, 4.69) is 4.57 Å². The van der Waals surface area contributed by atoms with Gasteiger partial charge in [-0.05, 0) is 31.5 Å². The van der Waals surface area contributed by atoms with Crippen LogP contribution < -0.4 is 0 Å². The van der Waals surface area contributed by atoms with E-state index < -0.39 is 0 Å². The largest absolute Gasteiger partial charge is 0.460 e. The number of nitrogens with zero attached hydrogens (tertiary/aromatic N) is 1. The average molecular weight is 257 g/mol. The summed E-state index contributed by atoms with van der Waals surface area (Å²) < 4.78 is 7.13. The molecule has 1 atom stereocenters. The van der Waals surface area contributed by atoms with Crippen LogP contribution in [-0.4, -0.2) is 16.8 Å². The Morgan fingerprint density at radius 3 is 2.95 bits per heavy atom. The first-order valence-electron chi connectivity index (χ1n) is 6.37. The van der Waals surface area contributed by atoms with E-state index in [1.807, 2.05) is 32.2 Å². The van der Waals surface area contributed by atoms with E-state index in [9.17, 15) is 9.59 Å². The summed E-state index contributed by atoms with van der Waals surface area (Å²) in [4.78, 5) is 22.5. The molecule has 1 aliphatic rings. The molecule has 2 aromatic rings. The van der Waals surface area contributed by atoms with Crippen LogP contribution >= 0.6 is 0 Å². The topological polar surface area (TPSA) is 48.3 Å². The summed E-state index contributed by atoms with van der Waals surface area (Å²) in [5, 5.41) is 1.01. The van der Waals surface area contributed by atoms with Crippen LogP contribution in [0.25, 0.3) is 10.9 Å². The molecule has 1 unspecified atom stereocenters.